The molecule has 1 aromatic rings. The predicted octanol–water partition coefficient (Wildman–Crippen LogP) is 3.65. The Bertz CT molecular complexity index is 762. The Hall–Kier alpha value is -2.63. The summed E-state index contributed by atoms with van der Waals surface area (Å²) in [6.07, 6.45) is -1.40. The normalized spacial score (nSPS) is 18.0. The molecule has 6 nitrogen and oxygen atoms in total. The molecule has 1 aliphatic rings. The molecule has 0 spiro atoms. The maximum absolute atomic E-state index is 12.2. The largest absolute Gasteiger partial charge is 0.481 e. The number of fused-ring (bicyclic) bond motifs is 1. The number of carbonyl (C=O) groups excluding carboxylic acids is 3. The molecule has 2 rings (SSSR count). The van der Waals surface area contributed by atoms with E-state index in [4.69, 9.17) is 14.2 Å². The molecule has 1 aromatic carbocycles. The Morgan fingerprint density at radius 2 is 1.74 bits per heavy atom. The number of ketones is 1. The van der Waals surface area contributed by atoms with Gasteiger partial charge in [0.1, 0.15) is 12.4 Å². The second-order valence-corrected chi connectivity index (χ2v) is 7.28. The first-order valence-electron chi connectivity index (χ1n) is 8.98. The summed E-state index contributed by atoms with van der Waals surface area (Å²) in [5.41, 5.74) is 1.64. The van der Waals surface area contributed by atoms with Crippen LogP contribution in [0.25, 0.3) is 0 Å². The summed E-state index contributed by atoms with van der Waals surface area (Å²) in [5.74, 6) is -0.911. The van der Waals surface area contributed by atoms with Crippen LogP contribution in [-0.4, -0.2) is 30.4 Å². The van der Waals surface area contributed by atoms with Crippen LogP contribution in [0.3, 0.4) is 0 Å². The van der Waals surface area contributed by atoms with Gasteiger partial charge in [-0.15, -0.1) is 0 Å². The second-order valence-electron chi connectivity index (χ2n) is 7.28. The first-order chi connectivity index (χ1) is 12.6. The molecule has 1 heterocycles. The Morgan fingerprint density at radius 3 is 2.30 bits per heavy atom. The fourth-order valence-corrected chi connectivity index (χ4v) is 2.55. The maximum Gasteiger partial charge on any atom is 0.309 e. The van der Waals surface area contributed by atoms with Gasteiger partial charge in [-0.3, -0.25) is 14.4 Å². The van der Waals surface area contributed by atoms with Gasteiger partial charge in [0.25, 0.3) is 0 Å². The van der Waals surface area contributed by atoms with Crippen molar-refractivity contribution in [2.24, 2.45) is 11.8 Å². The lowest BCUT2D eigenvalue weighted by Crippen LogP contribution is -2.29. The number of ether oxygens (including phenoxy) is 3. The van der Waals surface area contributed by atoms with Crippen molar-refractivity contribution in [3.05, 3.63) is 41.5 Å². The molecule has 0 fully saturated rings. The predicted molar refractivity (Wildman–Crippen MR) is 99.5 cm³/mol. The first-order valence-corrected chi connectivity index (χ1v) is 8.98. The summed E-state index contributed by atoms with van der Waals surface area (Å²) in [5, 5.41) is 0. The molecule has 0 unspecified atom stereocenters. The highest BCUT2D eigenvalue weighted by Crippen LogP contribution is 2.42. The molecule has 27 heavy (non-hydrogen) atoms. The molecule has 0 N–H and O–H groups in total. The smallest absolute Gasteiger partial charge is 0.309 e. The zero-order valence-corrected chi connectivity index (χ0v) is 16.4. The standard InChI is InChI=1S/C21H26O6/c1-11(2)20(23)25-10-13(5)18-19(27-21(24)12(3)4)16-8-7-15(14(6)22)9-17(16)26-18/h7-9,11-12,18-19H,5,10H2,1-4,6H3/t18-,19-/m0/s1. The molecule has 0 aromatic heterocycles. The van der Waals surface area contributed by atoms with Crippen molar-refractivity contribution in [3.63, 3.8) is 0 Å². The van der Waals surface area contributed by atoms with Gasteiger partial charge in [-0.25, -0.2) is 0 Å². The second kappa shape index (κ2) is 8.37. The van der Waals surface area contributed by atoms with E-state index in [-0.39, 0.29) is 36.2 Å². The number of hydrogen-bond acceptors (Lipinski definition) is 6. The quantitative estimate of drug-likeness (QED) is 0.412. The Balaban J connectivity index is 2.26. The summed E-state index contributed by atoms with van der Waals surface area (Å²) in [4.78, 5) is 35.5. The number of Topliss-reactive ketones (excluding diaryl/α,β-unsaturated/α-hetero) is 1. The number of carbonyl (C=O) groups is 3. The number of benzene rings is 1. The molecule has 6 heteroatoms. The average Bonchev–Trinajstić information content (AvgIpc) is 2.96. The monoisotopic (exact) mass is 374 g/mol. The van der Waals surface area contributed by atoms with Gasteiger partial charge in [-0.1, -0.05) is 46.4 Å². The first kappa shape index (κ1) is 20.7. The number of hydrogen-bond donors (Lipinski definition) is 0. The minimum absolute atomic E-state index is 0.0367. The molecule has 0 aliphatic carbocycles. The van der Waals surface area contributed by atoms with Gasteiger partial charge in [0.15, 0.2) is 18.0 Å². The lowest BCUT2D eigenvalue weighted by Gasteiger charge is -2.22. The van der Waals surface area contributed by atoms with E-state index < -0.39 is 12.2 Å². The topological polar surface area (TPSA) is 78.9 Å². The molecule has 0 radical (unpaired) electrons. The van der Waals surface area contributed by atoms with Crippen LogP contribution in [0, 0.1) is 11.8 Å². The molecule has 0 amide bonds. The van der Waals surface area contributed by atoms with Crippen LogP contribution >= 0.6 is 0 Å². The van der Waals surface area contributed by atoms with Crippen LogP contribution in [-0.2, 0) is 19.1 Å². The average molecular weight is 374 g/mol. The van der Waals surface area contributed by atoms with Crippen LogP contribution in [0.1, 0.15) is 56.6 Å². The fraction of sp³-hybridized carbons (Fsp3) is 0.476. The molecule has 2 atom stereocenters. The third-order valence-electron chi connectivity index (χ3n) is 4.24. The molecular weight excluding hydrogens is 348 g/mol. The molecule has 0 saturated heterocycles. The highest BCUT2D eigenvalue weighted by Gasteiger charge is 2.40. The third kappa shape index (κ3) is 4.76. The highest BCUT2D eigenvalue weighted by atomic mass is 16.6. The lowest BCUT2D eigenvalue weighted by atomic mass is 9.99. The van der Waals surface area contributed by atoms with Gasteiger partial charge in [-0.2, -0.15) is 0 Å². The summed E-state index contributed by atoms with van der Waals surface area (Å²) in [6.45, 7) is 12.3. The van der Waals surface area contributed by atoms with Crippen molar-refractivity contribution >= 4 is 17.7 Å². The zero-order chi connectivity index (χ0) is 20.3. The van der Waals surface area contributed by atoms with Gasteiger partial charge < -0.3 is 14.2 Å². The van der Waals surface area contributed by atoms with Crippen molar-refractivity contribution in [2.75, 3.05) is 6.61 Å². The number of esters is 2. The molecule has 146 valence electrons. The minimum atomic E-state index is -0.707. The van der Waals surface area contributed by atoms with Crippen LogP contribution in [0.5, 0.6) is 5.75 Å². The van der Waals surface area contributed by atoms with Gasteiger partial charge in [-0.05, 0) is 13.0 Å². The van der Waals surface area contributed by atoms with Crippen molar-refractivity contribution in [1.82, 2.24) is 0 Å². The summed E-state index contributed by atoms with van der Waals surface area (Å²) >= 11 is 0. The molecule has 1 aliphatic heterocycles. The molecular formula is C21H26O6. The maximum atomic E-state index is 12.2. The number of rotatable bonds is 7. The van der Waals surface area contributed by atoms with E-state index in [9.17, 15) is 14.4 Å². The van der Waals surface area contributed by atoms with Crippen LogP contribution in [0.2, 0.25) is 0 Å². The highest BCUT2D eigenvalue weighted by molar-refractivity contribution is 5.94. The SMILES string of the molecule is C=C(COC(=O)C(C)C)[C@@H]1Oc2cc(C(C)=O)ccc2[C@@H]1OC(=O)C(C)C. The Labute approximate surface area is 159 Å². The minimum Gasteiger partial charge on any atom is -0.481 e. The van der Waals surface area contributed by atoms with Gasteiger partial charge in [0, 0.05) is 16.7 Å². The van der Waals surface area contributed by atoms with E-state index in [1.807, 2.05) is 0 Å². The van der Waals surface area contributed by atoms with Crippen molar-refractivity contribution in [1.29, 1.82) is 0 Å². The summed E-state index contributed by atoms with van der Waals surface area (Å²) in [7, 11) is 0. The molecule has 0 bridgehead atoms. The summed E-state index contributed by atoms with van der Waals surface area (Å²) < 4.78 is 16.8. The van der Waals surface area contributed by atoms with Crippen molar-refractivity contribution in [3.8, 4) is 5.75 Å². The van der Waals surface area contributed by atoms with E-state index in [1.165, 1.54) is 6.92 Å². The summed E-state index contributed by atoms with van der Waals surface area (Å²) in [6, 6.07) is 5.02. The van der Waals surface area contributed by atoms with E-state index >= 15 is 0 Å². The van der Waals surface area contributed by atoms with Gasteiger partial charge in [0.2, 0.25) is 0 Å². The van der Waals surface area contributed by atoms with Gasteiger partial charge in [0.05, 0.1) is 11.8 Å². The van der Waals surface area contributed by atoms with Gasteiger partial charge >= 0.3 is 11.9 Å². The van der Waals surface area contributed by atoms with Crippen molar-refractivity contribution in [2.45, 2.75) is 46.8 Å². The van der Waals surface area contributed by atoms with E-state index in [1.54, 1.807) is 45.9 Å². The van der Waals surface area contributed by atoms with E-state index in [2.05, 4.69) is 6.58 Å². The lowest BCUT2D eigenvalue weighted by molar-refractivity contribution is -0.156. The Kier molecular flexibility index (Phi) is 6.41. The van der Waals surface area contributed by atoms with Crippen LogP contribution in [0.15, 0.2) is 30.4 Å². The third-order valence-corrected chi connectivity index (χ3v) is 4.24. The van der Waals surface area contributed by atoms with Crippen molar-refractivity contribution < 1.29 is 28.6 Å². The van der Waals surface area contributed by atoms with E-state index in [0.29, 0.717) is 22.4 Å². The zero-order valence-electron chi connectivity index (χ0n) is 16.4. The fourth-order valence-electron chi connectivity index (χ4n) is 2.55. The Morgan fingerprint density at radius 1 is 1.11 bits per heavy atom. The van der Waals surface area contributed by atoms with Crippen LogP contribution < -0.4 is 4.74 Å². The molecule has 0 saturated carbocycles. The van der Waals surface area contributed by atoms with Crippen LogP contribution in [0.4, 0.5) is 0 Å². The van der Waals surface area contributed by atoms with E-state index in [0.717, 1.165) is 0 Å².